The molecule has 0 atom stereocenters. The first kappa shape index (κ1) is 54.2. The fourth-order valence-electron chi connectivity index (χ4n) is 8.44. The minimum absolute atomic E-state index is 0. The van der Waals surface area contributed by atoms with E-state index in [1.165, 1.54) is 28.0 Å². The van der Waals surface area contributed by atoms with E-state index in [1.54, 1.807) is 78.6 Å². The zero-order valence-electron chi connectivity index (χ0n) is 40.6. The molecule has 2 saturated heterocycles. The number of nitrogens with one attached hydrogen (secondary N) is 1. The number of rotatable bonds is 14. The number of nitrogens with zero attached hydrogens (tertiary/aromatic N) is 5. The third-order valence-electron chi connectivity index (χ3n) is 12.1. The lowest BCUT2D eigenvalue weighted by molar-refractivity contribution is 0.0204. The first-order valence-electron chi connectivity index (χ1n) is 23.0. The van der Waals surface area contributed by atoms with Gasteiger partial charge in [0.05, 0.1) is 59.6 Å². The molecule has 8 rings (SSSR count). The minimum Gasteiger partial charge on any atom is -0.497 e. The molecule has 70 heavy (non-hydrogen) atoms. The number of methoxy groups -OCH3 is 4. The average molecular weight is 1060 g/mol. The zero-order chi connectivity index (χ0) is 49.2. The molecule has 2 aliphatic heterocycles. The molecule has 14 nitrogen and oxygen atoms in total. The summed E-state index contributed by atoms with van der Waals surface area (Å²) in [5, 5.41) is 13.0. The summed E-state index contributed by atoms with van der Waals surface area (Å²) in [4.78, 5) is 43.8. The summed E-state index contributed by atoms with van der Waals surface area (Å²) in [5.41, 5.74) is 3.90. The van der Waals surface area contributed by atoms with Gasteiger partial charge in [0.15, 0.2) is 0 Å². The topological polar surface area (TPSA) is 148 Å². The Hall–Kier alpha value is -5.10. The molecule has 4 aromatic heterocycles. The molecule has 2 aromatic carbocycles. The molecule has 1 amide bonds. The quantitative estimate of drug-likeness (QED) is 0.111. The second-order valence-electron chi connectivity index (χ2n) is 17.9. The number of carbonyl (C=O) groups is 3. The maximum absolute atomic E-state index is 13.7. The number of piperidine rings is 2. The second-order valence-corrected chi connectivity index (χ2v) is 21.5. The average Bonchev–Trinajstić information content (AvgIpc) is 4.19. The van der Waals surface area contributed by atoms with Gasteiger partial charge in [-0.1, -0.05) is 23.2 Å². The highest BCUT2D eigenvalue weighted by atomic mass is 35.5. The van der Waals surface area contributed by atoms with Gasteiger partial charge < -0.3 is 33.9 Å². The van der Waals surface area contributed by atoms with Crippen LogP contribution in [0.15, 0.2) is 72.8 Å². The fraction of sp³-hybridized carbons (Fsp3) is 0.431. The number of ether oxygens (including phenoxy) is 5. The van der Waals surface area contributed by atoms with E-state index in [2.05, 4.69) is 11.4 Å². The van der Waals surface area contributed by atoms with Crippen molar-refractivity contribution in [2.24, 2.45) is 0 Å². The van der Waals surface area contributed by atoms with E-state index < -0.39 is 5.60 Å². The number of halogens is 3. The highest BCUT2D eigenvalue weighted by molar-refractivity contribution is 7.16. The van der Waals surface area contributed by atoms with Crippen LogP contribution in [0.5, 0.6) is 23.0 Å². The molecular formula is C51H61Cl3N6O8S2. The van der Waals surface area contributed by atoms with Crippen LogP contribution >= 0.6 is 58.3 Å². The number of aryl methyl sites for hydroxylation is 4. The summed E-state index contributed by atoms with van der Waals surface area (Å²) >= 11 is 15.3. The predicted molar refractivity (Wildman–Crippen MR) is 278 cm³/mol. The van der Waals surface area contributed by atoms with Crippen LogP contribution in [0, 0.1) is 0 Å². The highest BCUT2D eigenvalue weighted by Crippen LogP contribution is 2.33. The Labute approximate surface area is 433 Å². The molecule has 2 aliphatic rings. The van der Waals surface area contributed by atoms with Crippen molar-refractivity contribution in [3.63, 3.8) is 0 Å². The van der Waals surface area contributed by atoms with E-state index in [0.717, 1.165) is 87.9 Å². The van der Waals surface area contributed by atoms with Crippen molar-refractivity contribution in [3.05, 3.63) is 125 Å². The van der Waals surface area contributed by atoms with Crippen LogP contribution in [-0.2, 0) is 30.4 Å². The number of amides is 1. The van der Waals surface area contributed by atoms with Gasteiger partial charge in [-0.3, -0.25) is 9.59 Å². The Morgan fingerprint density at radius 3 is 1.46 bits per heavy atom. The van der Waals surface area contributed by atoms with Crippen molar-refractivity contribution >= 4 is 76.2 Å². The Balaban J connectivity index is 0.000000231. The van der Waals surface area contributed by atoms with E-state index in [-0.39, 0.29) is 36.2 Å². The molecule has 376 valence electrons. The van der Waals surface area contributed by atoms with Gasteiger partial charge in [-0.15, -0.1) is 35.1 Å². The molecule has 2 fully saturated rings. The number of benzene rings is 2. The molecule has 0 aliphatic carbocycles. The molecule has 19 heteroatoms. The molecule has 0 spiro atoms. The van der Waals surface area contributed by atoms with Gasteiger partial charge in [-0.05, 0) is 146 Å². The lowest BCUT2D eigenvalue weighted by Crippen LogP contribution is -2.41. The molecule has 0 radical (unpaired) electrons. The summed E-state index contributed by atoms with van der Waals surface area (Å²) < 4.78 is 31.6. The van der Waals surface area contributed by atoms with Crippen LogP contribution in [-0.4, -0.2) is 103 Å². The maximum atomic E-state index is 13.7. The largest absolute Gasteiger partial charge is 0.497 e. The Morgan fingerprint density at radius 1 is 0.629 bits per heavy atom. The Morgan fingerprint density at radius 2 is 1.07 bits per heavy atom. The number of carbonyl (C=O) groups excluding carboxylic acids is 3. The lowest BCUT2D eigenvalue weighted by Gasteiger charge is -2.32. The standard InChI is InChI=1S/C28H34ClN3O5S.C23H26ClN3O3S.ClH/c1-28(2,3)37-27(34)31-14-12-18(13-15-31)23-16-19(6-8-21-9-11-25(29)38-21)32(30-23)26(33)22-10-7-20(35-4)17-24(22)36-5;1-29-17-4-7-19(21(14-17)30-2)23(28)27-16(3-5-18-6-8-22(24)31-18)13-20(26-27)15-9-11-25-12-10-15;/h7,9-11,16-18H,6,8,12-15H2,1-5H3;4,6-8,13-15,25H,3,5,9-12H2,1-2H3;1H. The van der Waals surface area contributed by atoms with Gasteiger partial charge in [-0.2, -0.15) is 10.2 Å². The van der Waals surface area contributed by atoms with Gasteiger partial charge in [-0.25, -0.2) is 14.2 Å². The second kappa shape index (κ2) is 24.8. The Kier molecular flexibility index (Phi) is 19.2. The zero-order valence-corrected chi connectivity index (χ0v) is 44.5. The molecule has 6 heterocycles. The van der Waals surface area contributed by atoms with Gasteiger partial charge in [0.1, 0.15) is 28.6 Å². The summed E-state index contributed by atoms with van der Waals surface area (Å²) in [6.07, 6.45) is 6.14. The first-order valence-corrected chi connectivity index (χ1v) is 25.4. The normalized spacial score (nSPS) is 14.3. The summed E-state index contributed by atoms with van der Waals surface area (Å²) in [7, 11) is 6.24. The molecule has 1 N–H and O–H groups in total. The van der Waals surface area contributed by atoms with Crippen molar-refractivity contribution in [1.82, 2.24) is 29.8 Å². The van der Waals surface area contributed by atoms with Crippen molar-refractivity contribution in [2.75, 3.05) is 54.6 Å². The number of hydrogen-bond donors (Lipinski definition) is 1. The van der Waals surface area contributed by atoms with E-state index in [9.17, 15) is 14.4 Å². The van der Waals surface area contributed by atoms with Crippen LogP contribution in [0.25, 0.3) is 0 Å². The molecule has 6 aromatic rings. The number of hydrogen-bond acceptors (Lipinski definition) is 13. The molecular weight excluding hydrogens is 995 g/mol. The molecule has 0 bridgehead atoms. The SMILES string of the molecule is COc1ccc(C(=O)n2nc(C3CCN(C(=O)OC(C)(C)C)CC3)cc2CCc2ccc(Cl)s2)c(OC)c1.COc1ccc(C(=O)n2nc(C3CCNCC3)cc2CCc2ccc(Cl)s2)c(OC)c1.Cl. The van der Waals surface area contributed by atoms with Crippen molar-refractivity contribution in [3.8, 4) is 23.0 Å². The lowest BCUT2D eigenvalue weighted by atomic mass is 9.93. The predicted octanol–water partition coefficient (Wildman–Crippen LogP) is 11.2. The molecule has 0 unspecified atom stereocenters. The fourth-order valence-corrected chi connectivity index (χ4v) is 10.6. The van der Waals surface area contributed by atoms with Crippen LogP contribution in [0.1, 0.15) is 112 Å². The van der Waals surface area contributed by atoms with E-state index in [0.29, 0.717) is 66.0 Å². The summed E-state index contributed by atoms with van der Waals surface area (Å²) in [5.74, 6) is 2.18. The monoisotopic (exact) mass is 1050 g/mol. The van der Waals surface area contributed by atoms with E-state index in [4.69, 9.17) is 57.1 Å². The summed E-state index contributed by atoms with van der Waals surface area (Å²) in [6, 6.07) is 22.3. The van der Waals surface area contributed by atoms with Gasteiger partial charge in [0.2, 0.25) is 0 Å². The van der Waals surface area contributed by atoms with Crippen LogP contribution in [0.2, 0.25) is 8.67 Å². The van der Waals surface area contributed by atoms with Gasteiger partial charge >= 0.3 is 6.09 Å². The van der Waals surface area contributed by atoms with Gasteiger partial charge in [0, 0.05) is 58.2 Å². The number of aromatic nitrogens is 4. The number of thiophene rings is 2. The van der Waals surface area contributed by atoms with E-state index in [1.807, 2.05) is 51.1 Å². The Bertz CT molecular complexity index is 2710. The first-order chi connectivity index (χ1) is 33.2. The van der Waals surface area contributed by atoms with Crippen LogP contribution < -0.4 is 24.3 Å². The number of likely N-dealkylation sites (tertiary alicyclic amines) is 1. The smallest absolute Gasteiger partial charge is 0.410 e. The third kappa shape index (κ3) is 13.9. The van der Waals surface area contributed by atoms with Crippen molar-refractivity contribution in [1.29, 1.82) is 0 Å². The van der Waals surface area contributed by atoms with Crippen LogP contribution in [0.3, 0.4) is 0 Å². The maximum Gasteiger partial charge on any atom is 0.410 e. The highest BCUT2D eigenvalue weighted by Gasteiger charge is 2.31. The van der Waals surface area contributed by atoms with Gasteiger partial charge in [0.25, 0.3) is 11.8 Å². The molecule has 0 saturated carbocycles. The third-order valence-corrected chi connectivity index (χ3v) is 14.7. The van der Waals surface area contributed by atoms with Crippen LogP contribution in [0.4, 0.5) is 4.79 Å². The minimum atomic E-state index is -0.530. The van der Waals surface area contributed by atoms with Crippen molar-refractivity contribution < 1.29 is 38.1 Å². The van der Waals surface area contributed by atoms with Crippen molar-refractivity contribution in [2.45, 2.75) is 89.6 Å². The summed E-state index contributed by atoms with van der Waals surface area (Å²) in [6.45, 7) is 8.70. The van der Waals surface area contributed by atoms with E-state index >= 15 is 0 Å².